The molecule has 0 aromatic rings. The molecule has 0 heterocycles. The highest BCUT2D eigenvalue weighted by atomic mass is 31.2. The van der Waals surface area contributed by atoms with Crippen LogP contribution in [-0.2, 0) is 9.13 Å². The molecule has 0 N–H and O–H groups in total. The van der Waals surface area contributed by atoms with Gasteiger partial charge < -0.3 is 4.57 Å². The highest BCUT2D eigenvalue weighted by molar-refractivity contribution is 7.62. The van der Waals surface area contributed by atoms with Gasteiger partial charge in [0.2, 0.25) is 0 Å². The van der Waals surface area contributed by atoms with Gasteiger partial charge in [-0.2, -0.15) is 0 Å². The summed E-state index contributed by atoms with van der Waals surface area (Å²) in [6.07, 6.45) is 23.4. The molecular formula is C20H44O2P2. The molecule has 0 bridgehead atoms. The van der Waals surface area contributed by atoms with Gasteiger partial charge in [-0.05, 0) is 19.8 Å². The van der Waals surface area contributed by atoms with Crippen LogP contribution in [0, 0.1) is 0 Å². The lowest BCUT2D eigenvalue weighted by atomic mass is 10.0. The van der Waals surface area contributed by atoms with E-state index in [9.17, 15) is 4.57 Å². The van der Waals surface area contributed by atoms with Crippen molar-refractivity contribution in [3.05, 3.63) is 0 Å². The van der Waals surface area contributed by atoms with Crippen LogP contribution < -0.4 is 0 Å². The molecule has 0 aliphatic rings. The van der Waals surface area contributed by atoms with Crippen molar-refractivity contribution >= 4 is 16.3 Å². The van der Waals surface area contributed by atoms with Crippen molar-refractivity contribution in [2.45, 2.75) is 110 Å². The molecule has 0 spiro atoms. The van der Waals surface area contributed by atoms with Gasteiger partial charge in [0.05, 0.1) is 7.14 Å². The van der Waals surface area contributed by atoms with Crippen LogP contribution in [0.4, 0.5) is 0 Å². The largest absolute Gasteiger partial charge is 0.324 e. The topological polar surface area (TPSA) is 34.1 Å². The maximum atomic E-state index is 11.6. The van der Waals surface area contributed by atoms with Gasteiger partial charge in [0.15, 0.2) is 0 Å². The van der Waals surface area contributed by atoms with Gasteiger partial charge in [-0.1, -0.05) is 103 Å². The quantitative estimate of drug-likeness (QED) is 0.188. The van der Waals surface area contributed by atoms with Crippen molar-refractivity contribution in [1.82, 2.24) is 0 Å². The summed E-state index contributed by atoms with van der Waals surface area (Å²) in [6, 6.07) is 0. The summed E-state index contributed by atoms with van der Waals surface area (Å²) in [5, 5.41) is 0. The molecule has 0 aliphatic carbocycles. The second kappa shape index (κ2) is 21.4. The molecule has 0 radical (unpaired) electrons. The molecule has 0 rings (SSSR count). The van der Waals surface area contributed by atoms with Gasteiger partial charge in [0.25, 0.3) is 0 Å². The third kappa shape index (κ3) is 27.2. The third-order valence-electron chi connectivity index (χ3n) is 4.55. The Morgan fingerprint density at radius 3 is 1.04 bits per heavy atom. The van der Waals surface area contributed by atoms with E-state index in [0.717, 1.165) is 6.16 Å². The summed E-state index contributed by atoms with van der Waals surface area (Å²) in [7, 11) is -0.0317. The van der Waals surface area contributed by atoms with Crippen molar-refractivity contribution in [3.63, 3.8) is 0 Å². The molecule has 0 fully saturated rings. The number of rotatable bonds is 17. The second-order valence-corrected chi connectivity index (χ2v) is 11.2. The Balaban J connectivity index is 0. The van der Waals surface area contributed by atoms with E-state index in [1.54, 1.807) is 9.12 Å². The number of hydrogen-bond donors (Lipinski definition) is 0. The highest BCUT2D eigenvalue weighted by Gasteiger charge is 2.05. The third-order valence-corrected chi connectivity index (χ3v) is 5.94. The zero-order chi connectivity index (χ0) is 18.5. The van der Waals surface area contributed by atoms with Crippen molar-refractivity contribution in [3.8, 4) is 0 Å². The van der Waals surface area contributed by atoms with E-state index in [2.05, 4.69) is 6.92 Å². The SMILES string of the molecule is CCCCCCCCCCCCCCCCCCP(C)(C)=O.O=P. The molecular weight excluding hydrogens is 334 g/mol. The zero-order valence-corrected chi connectivity index (χ0v) is 18.7. The van der Waals surface area contributed by atoms with Gasteiger partial charge in [-0.25, -0.2) is 0 Å². The Kier molecular flexibility index (Phi) is 23.7. The normalized spacial score (nSPS) is 11.1. The van der Waals surface area contributed by atoms with Gasteiger partial charge in [-0.15, -0.1) is 0 Å². The Morgan fingerprint density at radius 1 is 0.542 bits per heavy atom. The minimum absolute atomic E-state index is 0.950. The molecule has 2 nitrogen and oxygen atoms in total. The zero-order valence-electron chi connectivity index (χ0n) is 16.8. The summed E-state index contributed by atoms with van der Waals surface area (Å²) < 4.78 is 19.6. The predicted octanol–water partition coefficient (Wildman–Crippen LogP) is 8.35. The Bertz CT molecular complexity index is 277. The summed E-state index contributed by atoms with van der Waals surface area (Å²) >= 11 is 0. The summed E-state index contributed by atoms with van der Waals surface area (Å²) in [6.45, 7) is 6.12. The second-order valence-electron chi connectivity index (χ2n) is 7.60. The van der Waals surface area contributed by atoms with Crippen LogP contribution >= 0.6 is 16.3 Å². The van der Waals surface area contributed by atoms with E-state index < -0.39 is 7.14 Å². The highest BCUT2D eigenvalue weighted by Crippen LogP contribution is 2.36. The van der Waals surface area contributed by atoms with Crippen LogP contribution in [0.2, 0.25) is 0 Å². The van der Waals surface area contributed by atoms with Gasteiger partial charge >= 0.3 is 0 Å². The molecule has 0 aromatic heterocycles. The summed E-state index contributed by atoms with van der Waals surface area (Å²) in [4.78, 5) is 0. The minimum atomic E-state index is -1.75. The van der Waals surface area contributed by atoms with E-state index in [1.807, 2.05) is 13.3 Å². The minimum Gasteiger partial charge on any atom is -0.324 e. The fourth-order valence-electron chi connectivity index (χ4n) is 3.04. The lowest BCUT2D eigenvalue weighted by molar-refractivity contribution is 0.531. The molecule has 0 unspecified atom stereocenters. The van der Waals surface area contributed by atoms with Crippen LogP contribution in [0.5, 0.6) is 0 Å². The first-order valence-corrected chi connectivity index (χ1v) is 13.5. The fourth-order valence-corrected chi connectivity index (χ4v) is 4.03. The monoisotopic (exact) mass is 378 g/mol. The van der Waals surface area contributed by atoms with Crippen LogP contribution in [0.1, 0.15) is 110 Å². The first-order valence-electron chi connectivity index (χ1n) is 10.3. The lowest BCUT2D eigenvalue weighted by Crippen LogP contribution is -1.87. The molecule has 0 aromatic carbocycles. The van der Waals surface area contributed by atoms with Crippen molar-refractivity contribution in [2.24, 2.45) is 0 Å². The van der Waals surface area contributed by atoms with Crippen molar-refractivity contribution < 1.29 is 9.13 Å². The van der Waals surface area contributed by atoms with Crippen molar-refractivity contribution in [2.75, 3.05) is 19.5 Å². The Labute approximate surface area is 155 Å². The smallest absolute Gasteiger partial charge is 0.138 e. The maximum Gasteiger partial charge on any atom is 0.138 e. The van der Waals surface area contributed by atoms with Crippen LogP contribution in [0.3, 0.4) is 0 Å². The summed E-state index contributed by atoms with van der Waals surface area (Å²) in [5.74, 6) is 0. The molecule has 0 amide bonds. The van der Waals surface area contributed by atoms with Crippen LogP contribution in [0.25, 0.3) is 0 Å². The Hall–Kier alpha value is 0.330. The van der Waals surface area contributed by atoms with Crippen LogP contribution in [0.15, 0.2) is 0 Å². The summed E-state index contributed by atoms with van der Waals surface area (Å²) in [5.41, 5.74) is 0. The number of hydrogen-bond acceptors (Lipinski definition) is 2. The first-order chi connectivity index (χ1) is 11.6. The van der Waals surface area contributed by atoms with E-state index in [4.69, 9.17) is 4.57 Å². The van der Waals surface area contributed by atoms with Crippen molar-refractivity contribution in [1.29, 1.82) is 0 Å². The average Bonchev–Trinajstić information content (AvgIpc) is 2.55. The molecule has 0 aliphatic heterocycles. The van der Waals surface area contributed by atoms with Crippen LogP contribution in [-0.4, -0.2) is 19.5 Å². The van der Waals surface area contributed by atoms with E-state index in [0.29, 0.717) is 0 Å². The molecule has 0 atom stereocenters. The standard InChI is InChI=1S/C20H43OP.HOP/c1-4-5-6-7-8-9-10-11-12-13-14-15-16-17-18-19-20-22(2,3)21;1-2/h4-20H2,1-3H3;2H. The maximum absolute atomic E-state index is 11.6. The van der Waals surface area contributed by atoms with Gasteiger partial charge in [-0.3, -0.25) is 4.57 Å². The van der Waals surface area contributed by atoms with E-state index in [1.165, 1.54) is 103 Å². The molecule has 146 valence electrons. The molecule has 0 saturated carbocycles. The van der Waals surface area contributed by atoms with Gasteiger partial charge in [0.1, 0.15) is 9.12 Å². The molecule has 0 saturated heterocycles. The lowest BCUT2D eigenvalue weighted by Gasteiger charge is -2.06. The average molecular weight is 379 g/mol. The predicted molar refractivity (Wildman–Crippen MR) is 113 cm³/mol. The van der Waals surface area contributed by atoms with Gasteiger partial charge in [0, 0.05) is 6.16 Å². The van der Waals surface area contributed by atoms with E-state index >= 15 is 0 Å². The molecule has 24 heavy (non-hydrogen) atoms. The first kappa shape index (κ1) is 26.6. The Morgan fingerprint density at radius 2 is 0.792 bits per heavy atom. The molecule has 4 heteroatoms. The number of unbranched alkanes of at least 4 members (excludes halogenated alkanes) is 15. The fraction of sp³-hybridized carbons (Fsp3) is 1.00. The van der Waals surface area contributed by atoms with E-state index in [-0.39, 0.29) is 0 Å².